The molecule has 0 aromatic carbocycles. The minimum atomic E-state index is -0.258. The number of hydrogen-bond acceptors (Lipinski definition) is 3. The van der Waals surface area contributed by atoms with Gasteiger partial charge in [0, 0.05) is 13.0 Å². The number of ether oxygens (including phenoxy) is 1. The fourth-order valence-corrected chi connectivity index (χ4v) is 1.99. The van der Waals surface area contributed by atoms with E-state index in [4.69, 9.17) is 10.5 Å². The maximum Gasteiger partial charge on any atom is 0.219 e. The number of nitrogens with two attached hydrogens (primary N) is 1. The molecule has 4 nitrogen and oxygen atoms in total. The van der Waals surface area contributed by atoms with E-state index >= 15 is 0 Å². The van der Waals surface area contributed by atoms with Gasteiger partial charge in [0.1, 0.15) is 0 Å². The summed E-state index contributed by atoms with van der Waals surface area (Å²) in [6.07, 6.45) is 2.36. The Hall–Kier alpha value is -0.610. The van der Waals surface area contributed by atoms with Crippen molar-refractivity contribution in [1.29, 1.82) is 0 Å². The minimum Gasteiger partial charge on any atom is -0.376 e. The van der Waals surface area contributed by atoms with Crippen molar-refractivity contribution in [3.05, 3.63) is 0 Å². The van der Waals surface area contributed by atoms with E-state index in [-0.39, 0.29) is 17.6 Å². The van der Waals surface area contributed by atoms with Gasteiger partial charge in [-0.1, -0.05) is 6.92 Å². The molecule has 14 heavy (non-hydrogen) atoms. The average molecular weight is 200 g/mol. The third-order valence-electron chi connectivity index (χ3n) is 2.91. The second kappa shape index (κ2) is 4.75. The normalized spacial score (nSPS) is 32.0. The third kappa shape index (κ3) is 2.45. The van der Waals surface area contributed by atoms with Crippen LogP contribution in [0.4, 0.5) is 0 Å². The molecule has 2 unspecified atom stereocenters. The van der Waals surface area contributed by atoms with Crippen LogP contribution in [0.1, 0.15) is 33.1 Å². The van der Waals surface area contributed by atoms with E-state index in [0.29, 0.717) is 13.0 Å². The molecule has 0 bridgehead atoms. The molecule has 0 aromatic heterocycles. The summed E-state index contributed by atoms with van der Waals surface area (Å²) >= 11 is 0. The Balaban J connectivity index is 2.62. The number of hydrogen-bond donors (Lipinski definition) is 2. The highest BCUT2D eigenvalue weighted by atomic mass is 16.5. The fraction of sp³-hybridized carbons (Fsp3) is 0.900. The molecule has 4 heteroatoms. The van der Waals surface area contributed by atoms with Gasteiger partial charge < -0.3 is 15.8 Å². The highest BCUT2D eigenvalue weighted by molar-refractivity contribution is 5.75. The second-order valence-corrected chi connectivity index (χ2v) is 3.99. The molecule has 1 heterocycles. The lowest BCUT2D eigenvalue weighted by atomic mass is 9.88. The lowest BCUT2D eigenvalue weighted by Crippen LogP contribution is -2.53. The van der Waals surface area contributed by atoms with Crippen LogP contribution in [0.3, 0.4) is 0 Å². The number of nitrogens with one attached hydrogen (secondary N) is 1. The Morgan fingerprint density at radius 3 is 2.86 bits per heavy atom. The quantitative estimate of drug-likeness (QED) is 0.675. The smallest absolute Gasteiger partial charge is 0.219 e. The number of amides is 1. The van der Waals surface area contributed by atoms with Crippen molar-refractivity contribution in [3.63, 3.8) is 0 Å². The first-order chi connectivity index (χ1) is 6.60. The van der Waals surface area contributed by atoms with Crippen LogP contribution in [-0.4, -0.2) is 30.7 Å². The van der Waals surface area contributed by atoms with Crippen molar-refractivity contribution in [2.24, 2.45) is 5.73 Å². The molecule has 2 atom stereocenters. The number of primary amides is 1. The number of carbonyl (C=O) groups is 1. The predicted octanol–water partition coefficient (Wildman–Crippen LogP) is 0.409. The van der Waals surface area contributed by atoms with Gasteiger partial charge >= 0.3 is 0 Å². The Bertz CT molecular complexity index is 208. The summed E-state index contributed by atoms with van der Waals surface area (Å²) in [5, 5.41) is 3.40. The molecule has 0 spiro atoms. The maximum absolute atomic E-state index is 11.0. The van der Waals surface area contributed by atoms with Crippen molar-refractivity contribution in [3.8, 4) is 0 Å². The predicted molar refractivity (Wildman–Crippen MR) is 54.9 cm³/mol. The van der Waals surface area contributed by atoms with Crippen molar-refractivity contribution in [2.75, 3.05) is 13.2 Å². The van der Waals surface area contributed by atoms with E-state index in [1.807, 2.05) is 6.92 Å². The molecule has 1 aliphatic heterocycles. The van der Waals surface area contributed by atoms with Crippen molar-refractivity contribution >= 4 is 5.91 Å². The molecule has 1 rings (SSSR count). The van der Waals surface area contributed by atoms with Gasteiger partial charge in [-0.3, -0.25) is 4.79 Å². The van der Waals surface area contributed by atoms with E-state index in [2.05, 4.69) is 12.2 Å². The maximum atomic E-state index is 11.0. The summed E-state index contributed by atoms with van der Waals surface area (Å²) in [6.45, 7) is 5.72. The Labute approximate surface area is 85.2 Å². The molecule has 82 valence electrons. The van der Waals surface area contributed by atoms with E-state index < -0.39 is 0 Å². The van der Waals surface area contributed by atoms with Gasteiger partial charge in [-0.15, -0.1) is 0 Å². The molecule has 3 N–H and O–H groups in total. The Morgan fingerprint density at radius 1 is 1.71 bits per heavy atom. The molecule has 0 radical (unpaired) electrons. The van der Waals surface area contributed by atoms with Gasteiger partial charge in [0.2, 0.25) is 5.91 Å². The van der Waals surface area contributed by atoms with Crippen LogP contribution in [0.15, 0.2) is 0 Å². The summed E-state index contributed by atoms with van der Waals surface area (Å²) in [6, 6.07) is 0. The van der Waals surface area contributed by atoms with Crippen LogP contribution in [0.2, 0.25) is 0 Å². The largest absolute Gasteiger partial charge is 0.376 e. The molecule has 0 aliphatic carbocycles. The summed E-state index contributed by atoms with van der Waals surface area (Å²) < 4.78 is 5.50. The zero-order valence-corrected chi connectivity index (χ0v) is 9.01. The second-order valence-electron chi connectivity index (χ2n) is 3.99. The molecule has 1 aliphatic rings. The van der Waals surface area contributed by atoms with E-state index in [9.17, 15) is 4.79 Å². The van der Waals surface area contributed by atoms with Crippen LogP contribution in [0.5, 0.6) is 0 Å². The highest BCUT2D eigenvalue weighted by Crippen LogP contribution is 2.28. The van der Waals surface area contributed by atoms with E-state index in [1.165, 1.54) is 0 Å². The topological polar surface area (TPSA) is 64.3 Å². The summed E-state index contributed by atoms with van der Waals surface area (Å²) in [5.41, 5.74) is 5.04. The highest BCUT2D eigenvalue weighted by Gasteiger charge is 2.41. The molecule has 1 saturated heterocycles. The first kappa shape index (κ1) is 11.5. The Kier molecular flexibility index (Phi) is 3.89. The summed E-state index contributed by atoms with van der Waals surface area (Å²) in [5.74, 6) is -0.258. The standard InChI is InChI=1S/C10H20N2O2/c1-3-5-12-10(7-9(11)13)4-6-14-8(10)2/h8,12H,3-7H2,1-2H3,(H2,11,13). The molecular weight excluding hydrogens is 180 g/mol. The zero-order valence-electron chi connectivity index (χ0n) is 9.01. The minimum absolute atomic E-state index is 0.0709. The van der Waals surface area contributed by atoms with Gasteiger partial charge in [0.25, 0.3) is 0 Å². The molecular formula is C10H20N2O2. The van der Waals surface area contributed by atoms with Gasteiger partial charge in [-0.2, -0.15) is 0 Å². The Morgan fingerprint density at radius 2 is 2.43 bits per heavy atom. The van der Waals surface area contributed by atoms with Crippen LogP contribution in [-0.2, 0) is 9.53 Å². The van der Waals surface area contributed by atoms with E-state index in [1.54, 1.807) is 0 Å². The van der Waals surface area contributed by atoms with Gasteiger partial charge in [-0.05, 0) is 26.3 Å². The average Bonchev–Trinajstić information content (AvgIpc) is 2.44. The number of rotatable bonds is 5. The summed E-state index contributed by atoms with van der Waals surface area (Å²) in [7, 11) is 0. The lowest BCUT2D eigenvalue weighted by Gasteiger charge is -2.32. The fourth-order valence-electron chi connectivity index (χ4n) is 1.99. The van der Waals surface area contributed by atoms with Crippen molar-refractivity contribution < 1.29 is 9.53 Å². The zero-order chi connectivity index (χ0) is 10.6. The van der Waals surface area contributed by atoms with Crippen LogP contribution < -0.4 is 11.1 Å². The molecule has 0 saturated carbocycles. The lowest BCUT2D eigenvalue weighted by molar-refractivity contribution is -0.120. The van der Waals surface area contributed by atoms with Crippen LogP contribution >= 0.6 is 0 Å². The first-order valence-electron chi connectivity index (χ1n) is 5.25. The van der Waals surface area contributed by atoms with Gasteiger partial charge in [0.15, 0.2) is 0 Å². The first-order valence-corrected chi connectivity index (χ1v) is 5.25. The van der Waals surface area contributed by atoms with Crippen LogP contribution in [0, 0.1) is 0 Å². The SMILES string of the molecule is CCCNC1(CC(N)=O)CCOC1C. The summed E-state index contributed by atoms with van der Waals surface area (Å²) in [4.78, 5) is 11.0. The van der Waals surface area contributed by atoms with Crippen LogP contribution in [0.25, 0.3) is 0 Å². The molecule has 1 fully saturated rings. The van der Waals surface area contributed by atoms with E-state index in [0.717, 1.165) is 19.4 Å². The van der Waals surface area contributed by atoms with Gasteiger partial charge in [-0.25, -0.2) is 0 Å². The monoisotopic (exact) mass is 200 g/mol. The molecule has 0 aromatic rings. The van der Waals surface area contributed by atoms with Gasteiger partial charge in [0.05, 0.1) is 11.6 Å². The van der Waals surface area contributed by atoms with Crippen molar-refractivity contribution in [1.82, 2.24) is 5.32 Å². The molecule has 1 amide bonds. The van der Waals surface area contributed by atoms with Crippen molar-refractivity contribution in [2.45, 2.75) is 44.8 Å². The third-order valence-corrected chi connectivity index (χ3v) is 2.91. The number of carbonyl (C=O) groups excluding carboxylic acids is 1.